The number of fused-ring (bicyclic) bond motifs is 3. The zero-order chi connectivity index (χ0) is 27.2. The monoisotopic (exact) mass is 532 g/mol. The molecule has 1 aliphatic heterocycles. The molecule has 3 aliphatic carbocycles. The molecule has 10 nitrogen and oxygen atoms in total. The Balaban J connectivity index is 1.67. The quantitative estimate of drug-likeness (QED) is 0.312. The number of Topliss-reactive ketones (excluding diaryl/α,β-unsaturated/α-hetero) is 3. The summed E-state index contributed by atoms with van der Waals surface area (Å²) >= 11 is 0.959. The average molecular weight is 533 g/mol. The lowest BCUT2D eigenvalue weighted by atomic mass is 9.57. The minimum Gasteiger partial charge on any atom is -0.507 e. The standard InChI is InChI=1S/C26H28O10S/c1-10-20(29)14(27)7-15(36-10)11-4-5-12-18(21(11)30)22(31)13-6-17(37-3)25(34)9-24(2,33)8-16(28)26(25,35)19(13)23(12)32/h4-6,10,14-15,20,27,29-30,33-35H,7-9H2,1-3H3/t10-,14-,15-,20-,24+,25-,26+/m1/s1. The summed E-state index contributed by atoms with van der Waals surface area (Å²) in [5, 5.41) is 65.3. The molecule has 2 fully saturated rings. The highest BCUT2D eigenvalue weighted by Gasteiger charge is 2.68. The van der Waals surface area contributed by atoms with Crippen LogP contribution in [0.5, 0.6) is 5.75 Å². The van der Waals surface area contributed by atoms with Gasteiger partial charge in [-0.2, -0.15) is 0 Å². The number of ether oxygens (including phenoxy) is 1. The third-order valence-corrected chi connectivity index (χ3v) is 8.82. The zero-order valence-corrected chi connectivity index (χ0v) is 21.2. The van der Waals surface area contributed by atoms with Crippen LogP contribution in [0.1, 0.15) is 65.5 Å². The second-order valence-corrected chi connectivity index (χ2v) is 11.4. The Morgan fingerprint density at radius 1 is 1.08 bits per heavy atom. The lowest BCUT2D eigenvalue weighted by Crippen LogP contribution is -2.70. The van der Waals surface area contributed by atoms with Crippen LogP contribution in [0.15, 0.2) is 34.3 Å². The predicted octanol–water partition coefficient (Wildman–Crippen LogP) is 0.476. The molecule has 37 heavy (non-hydrogen) atoms. The zero-order valence-electron chi connectivity index (χ0n) is 20.4. The molecular formula is C26H28O10S. The van der Waals surface area contributed by atoms with Gasteiger partial charge in [0.15, 0.2) is 23.0 Å². The fraction of sp³-hybridized carbons (Fsp3) is 0.500. The van der Waals surface area contributed by atoms with Gasteiger partial charge in [0.2, 0.25) is 0 Å². The van der Waals surface area contributed by atoms with Gasteiger partial charge >= 0.3 is 0 Å². The molecule has 1 aromatic rings. The molecule has 0 amide bonds. The minimum atomic E-state index is -2.78. The molecule has 198 valence electrons. The molecule has 0 aromatic heterocycles. The summed E-state index contributed by atoms with van der Waals surface area (Å²) in [5.41, 5.74) is -8.18. The number of hydrogen-bond acceptors (Lipinski definition) is 11. The topological polar surface area (TPSA) is 182 Å². The average Bonchev–Trinajstić information content (AvgIpc) is 2.80. The number of rotatable bonds is 2. The van der Waals surface area contributed by atoms with Gasteiger partial charge in [-0.05, 0) is 32.2 Å². The van der Waals surface area contributed by atoms with E-state index in [2.05, 4.69) is 0 Å². The van der Waals surface area contributed by atoms with E-state index in [1.165, 1.54) is 25.1 Å². The number of phenolic OH excluding ortho intramolecular Hbond substituents is 1. The normalized spacial score (nSPS) is 39.7. The van der Waals surface area contributed by atoms with Crippen LogP contribution in [-0.4, -0.2) is 89.4 Å². The molecule has 0 spiro atoms. The number of phenols is 1. The van der Waals surface area contributed by atoms with E-state index in [9.17, 15) is 45.0 Å². The Morgan fingerprint density at radius 2 is 1.76 bits per heavy atom. The van der Waals surface area contributed by atoms with E-state index in [-0.39, 0.29) is 33.6 Å². The number of thioether (sulfide) groups is 1. The number of aliphatic hydroxyl groups is 5. The number of ketones is 3. The van der Waals surface area contributed by atoms with Gasteiger partial charge in [0.05, 0.1) is 35.0 Å². The number of carbonyl (C=O) groups excluding carboxylic acids is 3. The van der Waals surface area contributed by atoms with E-state index >= 15 is 0 Å². The van der Waals surface area contributed by atoms with Crippen LogP contribution in [0.25, 0.3) is 0 Å². The highest BCUT2D eigenvalue weighted by atomic mass is 32.2. The third kappa shape index (κ3) is 3.46. The Kier molecular flexibility index (Phi) is 5.89. The molecule has 11 heteroatoms. The van der Waals surface area contributed by atoms with Crippen LogP contribution in [0, 0.1) is 0 Å². The van der Waals surface area contributed by atoms with Crippen LogP contribution in [0.3, 0.4) is 0 Å². The molecule has 7 atom stereocenters. The molecule has 1 saturated heterocycles. The van der Waals surface area contributed by atoms with Crippen molar-refractivity contribution in [3.05, 3.63) is 51.0 Å². The van der Waals surface area contributed by atoms with E-state index in [0.717, 1.165) is 11.8 Å². The van der Waals surface area contributed by atoms with Crippen molar-refractivity contribution < 1.29 is 49.8 Å². The van der Waals surface area contributed by atoms with E-state index < -0.39 is 82.7 Å². The highest BCUT2D eigenvalue weighted by molar-refractivity contribution is 8.02. The number of benzene rings is 1. The largest absolute Gasteiger partial charge is 0.507 e. The molecular weight excluding hydrogens is 504 g/mol. The number of hydrogen-bond donors (Lipinski definition) is 6. The van der Waals surface area contributed by atoms with Gasteiger partial charge < -0.3 is 35.4 Å². The number of carbonyl (C=O) groups is 3. The van der Waals surface area contributed by atoms with Crippen molar-refractivity contribution in [2.24, 2.45) is 0 Å². The first-order valence-corrected chi connectivity index (χ1v) is 13.1. The van der Waals surface area contributed by atoms with E-state index in [1.807, 2.05) is 0 Å². The first kappa shape index (κ1) is 26.2. The smallest absolute Gasteiger partial charge is 0.198 e. The second-order valence-electron chi connectivity index (χ2n) is 10.6. The predicted molar refractivity (Wildman–Crippen MR) is 130 cm³/mol. The van der Waals surface area contributed by atoms with Crippen molar-refractivity contribution in [3.63, 3.8) is 0 Å². The first-order valence-electron chi connectivity index (χ1n) is 11.9. The van der Waals surface area contributed by atoms with Gasteiger partial charge in [-0.1, -0.05) is 6.07 Å². The van der Waals surface area contributed by atoms with Gasteiger partial charge in [0.1, 0.15) is 17.5 Å². The Morgan fingerprint density at radius 3 is 2.38 bits per heavy atom. The summed E-state index contributed by atoms with van der Waals surface area (Å²) in [7, 11) is 0. The summed E-state index contributed by atoms with van der Waals surface area (Å²) in [6, 6.07) is 2.61. The van der Waals surface area contributed by atoms with Gasteiger partial charge in [0.25, 0.3) is 0 Å². The van der Waals surface area contributed by atoms with Crippen LogP contribution >= 0.6 is 11.8 Å². The Bertz CT molecular complexity index is 1300. The van der Waals surface area contributed by atoms with E-state index in [4.69, 9.17) is 4.74 Å². The molecule has 5 rings (SSSR count). The number of allylic oxidation sites excluding steroid dienone is 2. The lowest BCUT2D eigenvalue weighted by molar-refractivity contribution is -0.184. The molecule has 1 saturated carbocycles. The Hall–Kier alpha value is -2.38. The van der Waals surface area contributed by atoms with Crippen molar-refractivity contribution in [2.75, 3.05) is 6.26 Å². The molecule has 4 aliphatic rings. The number of aliphatic hydroxyl groups excluding tert-OH is 2. The van der Waals surface area contributed by atoms with Crippen LogP contribution in [0.2, 0.25) is 0 Å². The second kappa shape index (κ2) is 8.31. The van der Waals surface area contributed by atoms with Crippen LogP contribution < -0.4 is 0 Å². The molecule has 0 unspecified atom stereocenters. The van der Waals surface area contributed by atoms with Gasteiger partial charge in [-0.3, -0.25) is 14.4 Å². The maximum Gasteiger partial charge on any atom is 0.198 e. The summed E-state index contributed by atoms with van der Waals surface area (Å²) in [5.74, 6) is -3.29. The molecule has 0 bridgehead atoms. The maximum atomic E-state index is 13.7. The van der Waals surface area contributed by atoms with Gasteiger partial charge in [-0.25, -0.2) is 0 Å². The third-order valence-electron chi connectivity index (χ3n) is 7.92. The van der Waals surface area contributed by atoms with Crippen molar-refractivity contribution >= 4 is 29.1 Å². The van der Waals surface area contributed by atoms with Crippen molar-refractivity contribution in [1.29, 1.82) is 0 Å². The molecule has 0 radical (unpaired) electrons. The maximum absolute atomic E-state index is 13.7. The summed E-state index contributed by atoms with van der Waals surface area (Å²) in [6.07, 6.45) is -2.18. The summed E-state index contributed by atoms with van der Waals surface area (Å²) in [6.45, 7) is 2.90. The fourth-order valence-corrected chi connectivity index (χ4v) is 6.88. The Labute approximate surface area is 216 Å². The van der Waals surface area contributed by atoms with Crippen LogP contribution in [-0.2, 0) is 9.53 Å². The fourth-order valence-electron chi connectivity index (χ4n) is 6.09. The SMILES string of the molecule is CSC1=CC2=C(C(=O)c3ccc([C@H]4C[C@@H](O)[C@H](O)[C@@H](C)O4)c(O)c3C2=O)[C@@]2(O)C(=O)C[C@](C)(O)C[C@@]12O. The molecule has 1 aromatic carbocycles. The summed E-state index contributed by atoms with van der Waals surface area (Å²) in [4.78, 5) is 40.8. The van der Waals surface area contributed by atoms with Crippen LogP contribution in [0.4, 0.5) is 0 Å². The first-order chi connectivity index (χ1) is 17.2. The number of aromatic hydroxyl groups is 1. The summed E-state index contributed by atoms with van der Waals surface area (Å²) < 4.78 is 5.73. The molecule has 6 N–H and O–H groups in total. The lowest BCUT2D eigenvalue weighted by Gasteiger charge is -2.53. The van der Waals surface area contributed by atoms with Crippen molar-refractivity contribution in [3.8, 4) is 5.75 Å². The van der Waals surface area contributed by atoms with Gasteiger partial charge in [-0.15, -0.1) is 11.8 Å². The minimum absolute atomic E-state index is 0.0175. The van der Waals surface area contributed by atoms with Gasteiger partial charge in [0, 0.05) is 40.9 Å². The molecule has 1 heterocycles. The van der Waals surface area contributed by atoms with E-state index in [1.54, 1.807) is 13.2 Å². The van der Waals surface area contributed by atoms with Crippen molar-refractivity contribution in [1.82, 2.24) is 0 Å². The van der Waals surface area contributed by atoms with E-state index in [0.29, 0.717) is 0 Å². The highest BCUT2D eigenvalue weighted by Crippen LogP contribution is 2.56. The van der Waals surface area contributed by atoms with Crippen molar-refractivity contribution in [2.45, 2.75) is 74.3 Å².